The molecule has 0 aromatic rings. The number of nitrogens with zero attached hydrogens (tertiary/aromatic N) is 1. The van der Waals surface area contributed by atoms with Crippen molar-refractivity contribution in [3.05, 3.63) is 0 Å². The van der Waals surface area contributed by atoms with E-state index in [1.54, 1.807) is 0 Å². The minimum atomic E-state index is -0.587. The lowest BCUT2D eigenvalue weighted by Gasteiger charge is -2.39. The first-order valence-electron chi connectivity index (χ1n) is 6.44. The highest BCUT2D eigenvalue weighted by Gasteiger charge is 2.31. The van der Waals surface area contributed by atoms with E-state index in [1.165, 1.54) is 12.8 Å². The molecule has 1 heterocycles. The van der Waals surface area contributed by atoms with Gasteiger partial charge in [-0.2, -0.15) is 0 Å². The number of nitrogens with two attached hydrogens (primary N) is 1. The standard InChI is InChI=1S/C12H22FIN2/c13-11-4-2-1-3-9(11)7-16-8-10(14)5-6-12(16)15/h9-12H,1-8,15H2. The molecule has 2 fully saturated rings. The molecule has 1 aliphatic heterocycles. The van der Waals surface area contributed by atoms with Crippen LogP contribution in [0.3, 0.4) is 0 Å². The second-order valence-electron chi connectivity index (χ2n) is 5.26. The molecule has 0 aromatic carbocycles. The Morgan fingerprint density at radius 3 is 2.69 bits per heavy atom. The lowest BCUT2D eigenvalue weighted by Crippen LogP contribution is -2.51. The summed E-state index contributed by atoms with van der Waals surface area (Å²) in [5.41, 5.74) is 6.10. The number of piperidine rings is 1. The number of alkyl halides is 2. The topological polar surface area (TPSA) is 29.3 Å². The predicted molar refractivity (Wildman–Crippen MR) is 73.4 cm³/mol. The summed E-state index contributed by atoms with van der Waals surface area (Å²) < 4.78 is 14.5. The summed E-state index contributed by atoms with van der Waals surface area (Å²) in [5, 5.41) is 0. The van der Waals surface area contributed by atoms with Gasteiger partial charge in [0.1, 0.15) is 6.17 Å². The maximum absolute atomic E-state index is 13.8. The molecule has 4 atom stereocenters. The molecule has 2 N–H and O–H groups in total. The maximum atomic E-state index is 13.8. The van der Waals surface area contributed by atoms with Gasteiger partial charge in [-0.15, -0.1) is 0 Å². The zero-order valence-corrected chi connectivity index (χ0v) is 11.9. The number of hydrogen-bond acceptors (Lipinski definition) is 2. The van der Waals surface area contributed by atoms with Gasteiger partial charge in [0.25, 0.3) is 0 Å². The van der Waals surface area contributed by atoms with Crippen molar-refractivity contribution in [2.45, 2.75) is 54.8 Å². The molecule has 0 bridgehead atoms. The molecule has 0 spiro atoms. The van der Waals surface area contributed by atoms with E-state index in [2.05, 4.69) is 27.5 Å². The van der Waals surface area contributed by atoms with E-state index < -0.39 is 6.17 Å². The van der Waals surface area contributed by atoms with Crippen molar-refractivity contribution in [1.29, 1.82) is 0 Å². The van der Waals surface area contributed by atoms with Gasteiger partial charge in [0, 0.05) is 22.9 Å². The summed E-state index contributed by atoms with van der Waals surface area (Å²) in [7, 11) is 0. The zero-order chi connectivity index (χ0) is 11.5. The Labute approximate surface area is 111 Å². The molecule has 1 saturated carbocycles. The van der Waals surface area contributed by atoms with Crippen LogP contribution in [0.1, 0.15) is 38.5 Å². The van der Waals surface area contributed by atoms with E-state index >= 15 is 0 Å². The fourth-order valence-electron chi connectivity index (χ4n) is 2.89. The average molecular weight is 340 g/mol. The van der Waals surface area contributed by atoms with Crippen LogP contribution in [-0.2, 0) is 0 Å². The Kier molecular flexibility index (Phi) is 4.85. The van der Waals surface area contributed by atoms with Crippen LogP contribution in [0.15, 0.2) is 0 Å². The SMILES string of the molecule is NC1CCC(I)CN1CC1CCCCC1F. The fraction of sp³-hybridized carbons (Fsp3) is 1.00. The van der Waals surface area contributed by atoms with Crippen LogP contribution >= 0.6 is 22.6 Å². The molecule has 0 aromatic heterocycles. The van der Waals surface area contributed by atoms with Crippen LogP contribution in [0.4, 0.5) is 4.39 Å². The second-order valence-corrected chi connectivity index (χ2v) is 7.02. The lowest BCUT2D eigenvalue weighted by molar-refractivity contribution is 0.0785. The Bertz CT molecular complexity index is 227. The third-order valence-electron chi connectivity index (χ3n) is 3.96. The molecule has 1 saturated heterocycles. The summed E-state index contributed by atoms with van der Waals surface area (Å²) in [6.45, 7) is 1.92. The van der Waals surface area contributed by atoms with Crippen LogP contribution in [0.2, 0.25) is 0 Å². The highest BCUT2D eigenvalue weighted by molar-refractivity contribution is 14.1. The van der Waals surface area contributed by atoms with Crippen LogP contribution in [0.5, 0.6) is 0 Å². The van der Waals surface area contributed by atoms with E-state index in [-0.39, 0.29) is 12.1 Å². The summed E-state index contributed by atoms with van der Waals surface area (Å²) in [6.07, 6.45) is 5.94. The van der Waals surface area contributed by atoms with E-state index in [9.17, 15) is 4.39 Å². The Hall–Kier alpha value is 0.580. The number of likely N-dealkylation sites (tertiary alicyclic amines) is 1. The zero-order valence-electron chi connectivity index (χ0n) is 9.75. The van der Waals surface area contributed by atoms with Gasteiger partial charge in [0.05, 0.1) is 6.17 Å². The highest BCUT2D eigenvalue weighted by atomic mass is 127. The smallest absolute Gasteiger partial charge is 0.104 e. The summed E-state index contributed by atoms with van der Waals surface area (Å²) in [6, 6.07) is 0. The minimum Gasteiger partial charge on any atom is -0.316 e. The van der Waals surface area contributed by atoms with Gasteiger partial charge in [-0.05, 0) is 25.7 Å². The summed E-state index contributed by atoms with van der Waals surface area (Å²) >= 11 is 2.49. The molecule has 4 unspecified atom stereocenters. The molecule has 0 radical (unpaired) electrons. The van der Waals surface area contributed by atoms with Crippen molar-refractivity contribution in [2.75, 3.05) is 13.1 Å². The predicted octanol–water partition coefficient (Wildman–Crippen LogP) is 2.70. The van der Waals surface area contributed by atoms with Crippen LogP contribution < -0.4 is 5.73 Å². The first-order chi connectivity index (χ1) is 7.66. The second kappa shape index (κ2) is 5.96. The van der Waals surface area contributed by atoms with Crippen LogP contribution in [-0.4, -0.2) is 34.3 Å². The first kappa shape index (κ1) is 13.0. The van der Waals surface area contributed by atoms with E-state index in [0.717, 1.165) is 38.8 Å². The molecule has 0 amide bonds. The number of halogens is 2. The highest BCUT2D eigenvalue weighted by Crippen LogP contribution is 2.29. The van der Waals surface area contributed by atoms with Gasteiger partial charge in [-0.3, -0.25) is 4.90 Å². The van der Waals surface area contributed by atoms with Gasteiger partial charge in [0.15, 0.2) is 0 Å². The summed E-state index contributed by atoms with van der Waals surface area (Å²) in [4.78, 5) is 2.31. The first-order valence-corrected chi connectivity index (χ1v) is 7.69. The average Bonchev–Trinajstić information content (AvgIpc) is 2.27. The minimum absolute atomic E-state index is 0.167. The van der Waals surface area contributed by atoms with Gasteiger partial charge < -0.3 is 5.73 Å². The Morgan fingerprint density at radius 1 is 1.19 bits per heavy atom. The number of hydrogen-bond donors (Lipinski definition) is 1. The van der Waals surface area contributed by atoms with Crippen molar-refractivity contribution >= 4 is 22.6 Å². The third kappa shape index (κ3) is 3.29. The van der Waals surface area contributed by atoms with Crippen molar-refractivity contribution < 1.29 is 4.39 Å². The Morgan fingerprint density at radius 2 is 1.94 bits per heavy atom. The molecular weight excluding hydrogens is 318 g/mol. The van der Waals surface area contributed by atoms with E-state index in [4.69, 9.17) is 5.73 Å². The van der Waals surface area contributed by atoms with Crippen molar-refractivity contribution in [2.24, 2.45) is 11.7 Å². The monoisotopic (exact) mass is 340 g/mol. The molecule has 2 nitrogen and oxygen atoms in total. The molecule has 2 rings (SSSR count). The van der Waals surface area contributed by atoms with Gasteiger partial charge in [-0.1, -0.05) is 35.4 Å². The maximum Gasteiger partial charge on any atom is 0.104 e. The molecule has 94 valence electrons. The largest absolute Gasteiger partial charge is 0.316 e. The molecule has 16 heavy (non-hydrogen) atoms. The summed E-state index contributed by atoms with van der Waals surface area (Å²) in [5.74, 6) is 0.237. The number of rotatable bonds is 2. The van der Waals surface area contributed by atoms with Crippen LogP contribution in [0.25, 0.3) is 0 Å². The van der Waals surface area contributed by atoms with Crippen LogP contribution in [0, 0.1) is 5.92 Å². The van der Waals surface area contributed by atoms with Gasteiger partial charge in [0.2, 0.25) is 0 Å². The molecule has 4 heteroatoms. The molecular formula is C12H22FIN2. The van der Waals surface area contributed by atoms with E-state index in [0.29, 0.717) is 3.92 Å². The normalized spacial score (nSPS) is 42.2. The lowest BCUT2D eigenvalue weighted by atomic mass is 9.86. The van der Waals surface area contributed by atoms with Crippen molar-refractivity contribution in [1.82, 2.24) is 4.90 Å². The van der Waals surface area contributed by atoms with Crippen molar-refractivity contribution in [3.63, 3.8) is 0 Å². The Balaban J connectivity index is 1.86. The van der Waals surface area contributed by atoms with Crippen molar-refractivity contribution in [3.8, 4) is 0 Å². The quantitative estimate of drug-likeness (QED) is 0.619. The molecule has 2 aliphatic rings. The van der Waals surface area contributed by atoms with E-state index in [1.807, 2.05) is 0 Å². The van der Waals surface area contributed by atoms with Gasteiger partial charge in [-0.25, -0.2) is 4.39 Å². The molecule has 1 aliphatic carbocycles. The van der Waals surface area contributed by atoms with Gasteiger partial charge >= 0.3 is 0 Å². The fourth-order valence-corrected chi connectivity index (χ4v) is 3.76. The third-order valence-corrected chi connectivity index (χ3v) is 4.98.